The van der Waals surface area contributed by atoms with Gasteiger partial charge in [0.15, 0.2) is 0 Å². The lowest BCUT2D eigenvalue weighted by molar-refractivity contribution is 0.275. The molecule has 0 heterocycles. The molecule has 106 valence electrons. The Morgan fingerprint density at radius 3 is 2.28 bits per heavy atom. The molecule has 0 aromatic rings. The molecular weight excluding hydrogens is 279 g/mol. The van der Waals surface area contributed by atoms with Crippen molar-refractivity contribution in [3.63, 3.8) is 0 Å². The highest BCUT2D eigenvalue weighted by Crippen LogP contribution is 2.46. The van der Waals surface area contributed by atoms with Gasteiger partial charge >= 0.3 is 7.60 Å². The van der Waals surface area contributed by atoms with E-state index in [1.807, 2.05) is 0 Å². The van der Waals surface area contributed by atoms with Crippen molar-refractivity contribution in [2.75, 3.05) is 32.7 Å². The fraction of sp³-hybridized carbons (Fsp3) is 0.800. The minimum atomic E-state index is -3.54. The zero-order chi connectivity index (χ0) is 14.1. The van der Waals surface area contributed by atoms with Crippen LogP contribution in [-0.2, 0) is 27.9 Å². The van der Waals surface area contributed by atoms with Crippen molar-refractivity contribution in [1.29, 1.82) is 0 Å². The molecule has 0 spiro atoms. The minimum absolute atomic E-state index is 0.0983. The van der Waals surface area contributed by atoms with Gasteiger partial charge in [-0.2, -0.15) is 8.42 Å². The van der Waals surface area contributed by atoms with Gasteiger partial charge in [0.05, 0.1) is 11.9 Å². The minimum Gasteiger partial charge on any atom is -0.312 e. The van der Waals surface area contributed by atoms with E-state index < -0.39 is 17.7 Å². The molecule has 0 aliphatic heterocycles. The van der Waals surface area contributed by atoms with Crippen LogP contribution in [0, 0.1) is 12.3 Å². The van der Waals surface area contributed by atoms with Crippen molar-refractivity contribution < 1.29 is 26.2 Å². The fourth-order valence-corrected chi connectivity index (χ4v) is 3.25. The molecule has 0 aromatic carbocycles. The van der Waals surface area contributed by atoms with E-state index in [4.69, 9.17) is 15.5 Å². The standard InChI is InChI=1S/C10H19O6PS/c1-4-8-16-18(12,13)10-7-5-6-9-17(11,14-2)15-3/h1H,5-10H2,2-3H3. The van der Waals surface area contributed by atoms with Crippen molar-refractivity contribution >= 4 is 17.7 Å². The normalized spacial score (nSPS) is 12.3. The summed E-state index contributed by atoms with van der Waals surface area (Å²) in [6, 6.07) is 0. The second-order valence-electron chi connectivity index (χ2n) is 3.49. The number of hydrogen-bond acceptors (Lipinski definition) is 6. The number of terminal acetylenes is 1. The molecular formula is C10H19O6PS. The molecule has 0 aromatic heterocycles. The van der Waals surface area contributed by atoms with Gasteiger partial charge in [-0.1, -0.05) is 12.3 Å². The Kier molecular flexibility index (Phi) is 8.49. The maximum atomic E-state index is 11.6. The summed E-state index contributed by atoms with van der Waals surface area (Å²) in [7, 11) is -3.89. The first kappa shape index (κ1) is 17.6. The van der Waals surface area contributed by atoms with E-state index in [1.54, 1.807) is 0 Å². The summed E-state index contributed by atoms with van der Waals surface area (Å²) in [6.45, 7) is -0.245. The van der Waals surface area contributed by atoms with Crippen LogP contribution in [-0.4, -0.2) is 41.2 Å². The Morgan fingerprint density at radius 1 is 1.17 bits per heavy atom. The molecule has 6 nitrogen and oxygen atoms in total. The molecule has 0 rings (SSSR count). The monoisotopic (exact) mass is 298 g/mol. The van der Waals surface area contributed by atoms with E-state index in [9.17, 15) is 13.0 Å². The predicted octanol–water partition coefficient (Wildman–Crippen LogP) is 1.62. The Labute approximate surface area is 109 Å². The van der Waals surface area contributed by atoms with Crippen molar-refractivity contribution in [3.8, 4) is 12.3 Å². The van der Waals surface area contributed by atoms with E-state index in [2.05, 4.69) is 10.1 Å². The average Bonchev–Trinajstić information content (AvgIpc) is 2.35. The quantitative estimate of drug-likeness (QED) is 0.264. The van der Waals surface area contributed by atoms with Gasteiger partial charge in [-0.05, 0) is 12.8 Å². The molecule has 0 aliphatic rings. The number of unbranched alkanes of at least 4 members (excludes halogenated alkanes) is 2. The Balaban J connectivity index is 3.82. The van der Waals surface area contributed by atoms with E-state index in [0.29, 0.717) is 19.3 Å². The van der Waals surface area contributed by atoms with Gasteiger partial charge in [-0.25, -0.2) is 0 Å². The van der Waals surface area contributed by atoms with Crippen LogP contribution in [0.25, 0.3) is 0 Å². The Bertz CT molecular complexity index is 403. The van der Waals surface area contributed by atoms with Gasteiger partial charge in [-0.15, -0.1) is 6.42 Å². The van der Waals surface area contributed by atoms with Crippen LogP contribution < -0.4 is 0 Å². The predicted molar refractivity (Wildman–Crippen MR) is 68.9 cm³/mol. The molecule has 8 heteroatoms. The van der Waals surface area contributed by atoms with Crippen molar-refractivity contribution in [2.45, 2.75) is 19.3 Å². The topological polar surface area (TPSA) is 78.9 Å². The van der Waals surface area contributed by atoms with Gasteiger partial charge in [0.1, 0.15) is 6.61 Å². The highest BCUT2D eigenvalue weighted by Gasteiger charge is 2.20. The van der Waals surface area contributed by atoms with Crippen LogP contribution in [0.1, 0.15) is 19.3 Å². The molecule has 0 unspecified atom stereocenters. The zero-order valence-electron chi connectivity index (χ0n) is 10.6. The van der Waals surface area contributed by atoms with E-state index in [0.717, 1.165) is 0 Å². The van der Waals surface area contributed by atoms with E-state index in [1.165, 1.54) is 14.2 Å². The first-order chi connectivity index (χ1) is 8.39. The Hall–Kier alpha value is -0.380. The molecule has 0 saturated heterocycles. The molecule has 0 radical (unpaired) electrons. The second-order valence-corrected chi connectivity index (χ2v) is 7.65. The summed E-state index contributed by atoms with van der Waals surface area (Å²) < 4.78 is 48.1. The fourth-order valence-electron chi connectivity index (χ4n) is 1.20. The van der Waals surface area contributed by atoms with Crippen LogP contribution >= 0.6 is 7.60 Å². The van der Waals surface area contributed by atoms with E-state index >= 15 is 0 Å². The van der Waals surface area contributed by atoms with Gasteiger partial charge in [0, 0.05) is 14.2 Å². The molecule has 0 bridgehead atoms. The van der Waals surface area contributed by atoms with Gasteiger partial charge in [-0.3, -0.25) is 8.75 Å². The van der Waals surface area contributed by atoms with Gasteiger partial charge < -0.3 is 9.05 Å². The molecule has 0 amide bonds. The summed E-state index contributed by atoms with van der Waals surface area (Å²) in [4.78, 5) is 0. The van der Waals surface area contributed by atoms with Crippen LogP contribution in [0.4, 0.5) is 0 Å². The second kappa shape index (κ2) is 8.68. The number of rotatable bonds is 10. The van der Waals surface area contributed by atoms with Gasteiger partial charge in [0.2, 0.25) is 0 Å². The average molecular weight is 298 g/mol. The third-order valence-electron chi connectivity index (χ3n) is 2.20. The van der Waals surface area contributed by atoms with Crippen molar-refractivity contribution in [2.24, 2.45) is 0 Å². The SMILES string of the molecule is C#CCOS(=O)(=O)CCCCCP(=O)(OC)OC. The molecule has 0 atom stereocenters. The molecule has 0 saturated carbocycles. The lowest BCUT2D eigenvalue weighted by atomic mass is 10.3. The van der Waals surface area contributed by atoms with Gasteiger partial charge in [0.25, 0.3) is 10.1 Å². The van der Waals surface area contributed by atoms with Crippen LogP contribution in [0.3, 0.4) is 0 Å². The molecule has 0 aliphatic carbocycles. The van der Waals surface area contributed by atoms with E-state index in [-0.39, 0.29) is 18.5 Å². The van der Waals surface area contributed by atoms with Crippen LogP contribution in [0.5, 0.6) is 0 Å². The van der Waals surface area contributed by atoms with Crippen molar-refractivity contribution in [3.05, 3.63) is 0 Å². The third-order valence-corrected chi connectivity index (χ3v) is 5.45. The summed E-state index contributed by atoms with van der Waals surface area (Å²) in [5, 5.41) is 0. The first-order valence-electron chi connectivity index (χ1n) is 5.40. The highest BCUT2D eigenvalue weighted by molar-refractivity contribution is 7.86. The smallest absolute Gasteiger partial charge is 0.312 e. The zero-order valence-corrected chi connectivity index (χ0v) is 12.3. The van der Waals surface area contributed by atoms with Crippen LogP contribution in [0.2, 0.25) is 0 Å². The maximum absolute atomic E-state index is 11.6. The lowest BCUT2D eigenvalue weighted by Gasteiger charge is -2.12. The molecule has 18 heavy (non-hydrogen) atoms. The Morgan fingerprint density at radius 2 is 1.78 bits per heavy atom. The third kappa shape index (κ3) is 7.85. The van der Waals surface area contributed by atoms with Crippen molar-refractivity contribution in [1.82, 2.24) is 0 Å². The lowest BCUT2D eigenvalue weighted by Crippen LogP contribution is -2.11. The first-order valence-corrected chi connectivity index (χ1v) is 8.71. The molecule has 0 N–H and O–H groups in total. The summed E-state index contributed by atoms with van der Waals surface area (Å²) in [6.07, 6.45) is 6.73. The number of hydrogen-bond donors (Lipinski definition) is 0. The maximum Gasteiger partial charge on any atom is 0.330 e. The highest BCUT2D eigenvalue weighted by atomic mass is 32.2. The van der Waals surface area contributed by atoms with Crippen LogP contribution in [0.15, 0.2) is 0 Å². The summed E-state index contributed by atoms with van der Waals surface area (Å²) in [5.41, 5.74) is 0. The summed E-state index contributed by atoms with van der Waals surface area (Å²) in [5.74, 6) is 1.99. The molecule has 0 fully saturated rings. The summed E-state index contributed by atoms with van der Waals surface area (Å²) >= 11 is 0. The largest absolute Gasteiger partial charge is 0.330 e.